The molecule has 0 bridgehead atoms. The van der Waals surface area contributed by atoms with Gasteiger partial charge in [0.25, 0.3) is 0 Å². The van der Waals surface area contributed by atoms with Crippen LogP contribution in [0.4, 0.5) is 0 Å². The number of Topliss-reactive ketones (excluding diaryl/α,β-unsaturated/α-hetero) is 1. The van der Waals surface area contributed by atoms with Crippen molar-refractivity contribution in [3.63, 3.8) is 0 Å². The van der Waals surface area contributed by atoms with E-state index in [2.05, 4.69) is 29.3 Å². The van der Waals surface area contributed by atoms with Crippen LogP contribution in [0.2, 0.25) is 0 Å². The molecule has 9 atom stereocenters. The lowest BCUT2D eigenvalue weighted by molar-refractivity contribution is -0.134. The molecule has 0 radical (unpaired) electrons. The summed E-state index contributed by atoms with van der Waals surface area (Å²) < 4.78 is 0. The lowest BCUT2D eigenvalue weighted by Crippen LogP contribution is -2.51. The minimum absolute atomic E-state index is 0.116. The summed E-state index contributed by atoms with van der Waals surface area (Å²) in [6, 6.07) is 0. The van der Waals surface area contributed by atoms with Gasteiger partial charge in [-0.3, -0.25) is 4.79 Å². The number of hydrogen-bond acceptors (Lipinski definition) is 5. The summed E-state index contributed by atoms with van der Waals surface area (Å²) in [7, 11) is 0. The fourth-order valence-electron chi connectivity index (χ4n) is 8.63. The summed E-state index contributed by atoms with van der Waals surface area (Å²) in [6.45, 7) is 7.09. The van der Waals surface area contributed by atoms with Crippen LogP contribution >= 0.6 is 0 Å². The Balaban J connectivity index is 1.36. The molecule has 6 heteroatoms. The highest BCUT2D eigenvalue weighted by atomic mass is 16.3. The second-order valence-electron chi connectivity index (χ2n) is 11.3. The number of ketones is 1. The number of rotatable bonds is 3. The number of nitrogens with zero attached hydrogens (tertiary/aromatic N) is 4. The van der Waals surface area contributed by atoms with Crippen LogP contribution in [-0.4, -0.2) is 36.7 Å². The molecule has 5 rings (SSSR count). The van der Waals surface area contributed by atoms with Gasteiger partial charge in [-0.1, -0.05) is 13.8 Å². The first-order valence-electron chi connectivity index (χ1n) is 11.7. The van der Waals surface area contributed by atoms with E-state index in [-0.39, 0.29) is 17.9 Å². The Morgan fingerprint density at radius 3 is 2.69 bits per heavy atom. The van der Waals surface area contributed by atoms with E-state index in [1.165, 1.54) is 43.2 Å². The van der Waals surface area contributed by atoms with E-state index >= 15 is 0 Å². The predicted molar refractivity (Wildman–Crippen MR) is 109 cm³/mol. The largest absolute Gasteiger partial charge is 0.390 e. The van der Waals surface area contributed by atoms with Gasteiger partial charge in [-0.2, -0.15) is 4.80 Å². The molecule has 6 nitrogen and oxygen atoms in total. The summed E-state index contributed by atoms with van der Waals surface area (Å²) in [5.41, 5.74) is -0.337. The van der Waals surface area contributed by atoms with E-state index in [4.69, 9.17) is 0 Å². The quantitative estimate of drug-likeness (QED) is 0.840. The Labute approximate surface area is 173 Å². The normalized spacial score (nSPS) is 49.2. The standard InChI is InChI=1S/C23H36N4O2/c1-14-10-19(20(28)12-27-25-13-24-26-27)23(3)9-7-17-16-6-8-22(2,29)11-15(16)4-5-18(17)21(14)23/h13-19,21,29H,4-12H2,1-3H3/t14-,15-,16+,17-,18-,19-,21+,22-,23-/m1/s1. The molecule has 4 saturated carbocycles. The molecule has 0 aromatic carbocycles. The fraction of sp³-hybridized carbons (Fsp3) is 0.913. The van der Waals surface area contributed by atoms with Crippen LogP contribution in [0.15, 0.2) is 6.33 Å². The van der Waals surface area contributed by atoms with Crippen molar-refractivity contribution in [3.05, 3.63) is 6.33 Å². The fourth-order valence-corrected chi connectivity index (χ4v) is 8.63. The molecule has 1 aromatic heterocycles. The summed E-state index contributed by atoms with van der Waals surface area (Å²) in [5, 5.41) is 22.3. The van der Waals surface area contributed by atoms with Gasteiger partial charge in [0.15, 0.2) is 12.1 Å². The van der Waals surface area contributed by atoms with Crippen LogP contribution in [0, 0.1) is 46.8 Å². The summed E-state index contributed by atoms with van der Waals surface area (Å²) in [4.78, 5) is 14.7. The van der Waals surface area contributed by atoms with Crippen molar-refractivity contribution < 1.29 is 9.90 Å². The van der Waals surface area contributed by atoms with Gasteiger partial charge >= 0.3 is 0 Å². The van der Waals surface area contributed by atoms with Crippen molar-refractivity contribution in [2.24, 2.45) is 46.8 Å². The van der Waals surface area contributed by atoms with Crippen molar-refractivity contribution >= 4 is 5.78 Å². The molecule has 160 valence electrons. The van der Waals surface area contributed by atoms with Gasteiger partial charge in [0.05, 0.1) is 5.60 Å². The van der Waals surface area contributed by atoms with Crippen molar-refractivity contribution in [2.45, 2.75) is 84.3 Å². The number of aliphatic hydroxyl groups is 1. The van der Waals surface area contributed by atoms with E-state index in [1.54, 1.807) is 0 Å². The second kappa shape index (κ2) is 6.86. The van der Waals surface area contributed by atoms with Gasteiger partial charge in [0.1, 0.15) is 6.54 Å². The number of carbonyl (C=O) groups excluding carboxylic acids is 1. The number of carbonyl (C=O) groups is 1. The summed E-state index contributed by atoms with van der Waals surface area (Å²) in [6.07, 6.45) is 10.5. The SMILES string of the molecule is C[C@@H]1C[C@H](C(=O)Cn2ncnn2)[C@@]2(C)CC[C@H]3[C@@H](CC[C@@H]4C[C@](C)(O)CC[C@@H]43)[C@H]12. The average Bonchev–Trinajstić information content (AvgIpc) is 3.26. The highest BCUT2D eigenvalue weighted by Gasteiger charge is 2.61. The van der Waals surface area contributed by atoms with Gasteiger partial charge in [-0.05, 0) is 104 Å². The topological polar surface area (TPSA) is 80.9 Å². The highest BCUT2D eigenvalue weighted by Crippen LogP contribution is 2.66. The van der Waals surface area contributed by atoms with Crippen molar-refractivity contribution in [1.29, 1.82) is 0 Å². The maximum absolute atomic E-state index is 13.2. The monoisotopic (exact) mass is 400 g/mol. The number of fused-ring (bicyclic) bond motifs is 5. The summed E-state index contributed by atoms with van der Waals surface area (Å²) in [5.74, 6) is 4.74. The highest BCUT2D eigenvalue weighted by molar-refractivity contribution is 5.82. The molecule has 0 amide bonds. The van der Waals surface area contributed by atoms with Crippen LogP contribution in [0.3, 0.4) is 0 Å². The predicted octanol–water partition coefficient (Wildman–Crippen LogP) is 3.51. The molecule has 0 unspecified atom stereocenters. The number of tetrazole rings is 1. The summed E-state index contributed by atoms with van der Waals surface area (Å²) >= 11 is 0. The zero-order valence-electron chi connectivity index (χ0n) is 18.1. The molecule has 4 aliphatic rings. The Morgan fingerprint density at radius 2 is 1.93 bits per heavy atom. The molecule has 4 aliphatic carbocycles. The lowest BCUT2D eigenvalue weighted by Gasteiger charge is -2.57. The van der Waals surface area contributed by atoms with E-state index in [0.717, 1.165) is 37.0 Å². The molecule has 1 N–H and O–H groups in total. The van der Waals surface area contributed by atoms with Crippen LogP contribution in [0.1, 0.15) is 72.1 Å². The third kappa shape index (κ3) is 3.17. The molecule has 1 heterocycles. The van der Waals surface area contributed by atoms with Gasteiger partial charge in [-0.25, -0.2) is 0 Å². The molecule has 0 aliphatic heterocycles. The average molecular weight is 401 g/mol. The molecular weight excluding hydrogens is 364 g/mol. The zero-order chi connectivity index (χ0) is 20.4. The van der Waals surface area contributed by atoms with Crippen LogP contribution < -0.4 is 0 Å². The zero-order valence-corrected chi connectivity index (χ0v) is 18.1. The third-order valence-corrected chi connectivity index (χ3v) is 9.63. The van der Waals surface area contributed by atoms with Crippen molar-refractivity contribution in [2.75, 3.05) is 0 Å². The first-order valence-corrected chi connectivity index (χ1v) is 11.7. The van der Waals surface area contributed by atoms with Gasteiger partial charge in [0.2, 0.25) is 0 Å². The van der Waals surface area contributed by atoms with Crippen LogP contribution in [0.5, 0.6) is 0 Å². The molecule has 0 spiro atoms. The Kier molecular flexibility index (Phi) is 4.65. The maximum atomic E-state index is 13.2. The van der Waals surface area contributed by atoms with Crippen LogP contribution in [0.25, 0.3) is 0 Å². The Hall–Kier alpha value is -1.30. The molecule has 1 aromatic rings. The second-order valence-corrected chi connectivity index (χ2v) is 11.3. The van der Waals surface area contributed by atoms with Gasteiger partial charge < -0.3 is 5.11 Å². The van der Waals surface area contributed by atoms with Crippen LogP contribution in [-0.2, 0) is 11.3 Å². The first-order chi connectivity index (χ1) is 13.8. The number of hydrogen-bond donors (Lipinski definition) is 1. The van der Waals surface area contributed by atoms with Gasteiger partial charge in [-0.15, -0.1) is 10.2 Å². The minimum Gasteiger partial charge on any atom is -0.390 e. The number of aromatic nitrogens is 4. The minimum atomic E-state index is -0.454. The van der Waals surface area contributed by atoms with Gasteiger partial charge in [0, 0.05) is 5.92 Å². The smallest absolute Gasteiger partial charge is 0.162 e. The molecule has 0 saturated heterocycles. The van der Waals surface area contributed by atoms with Crippen molar-refractivity contribution in [1.82, 2.24) is 20.2 Å². The maximum Gasteiger partial charge on any atom is 0.162 e. The van der Waals surface area contributed by atoms with Crippen molar-refractivity contribution in [3.8, 4) is 0 Å². The molecular formula is C23H36N4O2. The first kappa shape index (κ1) is 19.7. The van der Waals surface area contributed by atoms with E-state index in [9.17, 15) is 9.90 Å². The molecule has 29 heavy (non-hydrogen) atoms. The Morgan fingerprint density at radius 1 is 1.14 bits per heavy atom. The van der Waals surface area contributed by atoms with E-state index in [1.807, 2.05) is 6.92 Å². The van der Waals surface area contributed by atoms with E-state index in [0.29, 0.717) is 23.5 Å². The lowest BCUT2D eigenvalue weighted by atomic mass is 9.48. The Bertz CT molecular complexity index is 763. The third-order valence-electron chi connectivity index (χ3n) is 9.63. The molecule has 4 fully saturated rings. The van der Waals surface area contributed by atoms with E-state index < -0.39 is 5.60 Å².